The van der Waals surface area contributed by atoms with Gasteiger partial charge in [-0.05, 0) is 24.1 Å². The minimum atomic E-state index is -0.293. The number of benzene rings is 1. The number of primary amides is 1. The maximum Gasteiger partial charge on any atom is 0.217 e. The van der Waals surface area contributed by atoms with Crippen molar-refractivity contribution in [3.63, 3.8) is 0 Å². The lowest BCUT2D eigenvalue weighted by atomic mass is 10.0. The molecule has 1 radical (unpaired) electrons. The molecule has 3 N–H and O–H groups in total. The molecule has 0 unspecified atom stereocenters. The Labute approximate surface area is 108 Å². The molecule has 1 aromatic carbocycles. The summed E-state index contributed by atoms with van der Waals surface area (Å²) in [6.45, 7) is 2.52. The van der Waals surface area contributed by atoms with E-state index in [9.17, 15) is 4.79 Å². The number of ether oxygens (including phenoxy) is 1. The van der Waals surface area contributed by atoms with Crippen LogP contribution in [-0.2, 0) is 4.79 Å². The van der Waals surface area contributed by atoms with E-state index < -0.39 is 0 Å². The van der Waals surface area contributed by atoms with Gasteiger partial charge < -0.3 is 15.6 Å². The maximum absolute atomic E-state index is 10.8. The number of carbonyl (C=O) groups excluding carboxylic acids is 1. The van der Waals surface area contributed by atoms with Gasteiger partial charge >= 0.3 is 0 Å². The number of hydrogen-bond donors (Lipinski definition) is 2. The average Bonchev–Trinajstić information content (AvgIpc) is 2.36. The molecule has 4 nitrogen and oxygen atoms in total. The van der Waals surface area contributed by atoms with Gasteiger partial charge in [-0.2, -0.15) is 0 Å². The number of rotatable bonds is 8. The second-order valence-electron chi connectivity index (χ2n) is 4.21. The topological polar surface area (TPSA) is 72.6 Å². The molecule has 0 aliphatic heterocycles. The summed E-state index contributed by atoms with van der Waals surface area (Å²) in [5.74, 6) is 0.623. The second kappa shape index (κ2) is 7.71. The molecule has 0 fully saturated rings. The molecular formula is C14H20NO3. The molecule has 1 rings (SSSR count). The van der Waals surface area contributed by atoms with Crippen molar-refractivity contribution >= 4 is 5.91 Å². The number of carbonyl (C=O) groups is 1. The van der Waals surface area contributed by atoms with Gasteiger partial charge in [-0.15, -0.1) is 0 Å². The van der Waals surface area contributed by atoms with Crippen LogP contribution >= 0.6 is 0 Å². The van der Waals surface area contributed by atoms with Gasteiger partial charge in [-0.25, -0.2) is 0 Å². The Morgan fingerprint density at radius 3 is 2.61 bits per heavy atom. The molecule has 0 aliphatic rings. The normalized spacial score (nSPS) is 12.1. The van der Waals surface area contributed by atoms with E-state index in [-0.39, 0.29) is 18.4 Å². The molecule has 1 aromatic rings. The van der Waals surface area contributed by atoms with Crippen molar-refractivity contribution in [3.8, 4) is 5.75 Å². The third-order valence-corrected chi connectivity index (χ3v) is 2.76. The molecular weight excluding hydrogens is 230 g/mol. The average molecular weight is 250 g/mol. The lowest BCUT2D eigenvalue weighted by Crippen LogP contribution is -2.20. The van der Waals surface area contributed by atoms with Gasteiger partial charge in [0.1, 0.15) is 5.75 Å². The highest BCUT2D eigenvalue weighted by Gasteiger charge is 2.10. The van der Waals surface area contributed by atoms with Crippen LogP contribution in [0.5, 0.6) is 5.75 Å². The second-order valence-corrected chi connectivity index (χ2v) is 4.21. The van der Waals surface area contributed by atoms with Crippen LogP contribution in [0.3, 0.4) is 0 Å². The fourth-order valence-electron chi connectivity index (χ4n) is 1.63. The van der Waals surface area contributed by atoms with E-state index in [0.717, 1.165) is 17.7 Å². The van der Waals surface area contributed by atoms with Crippen molar-refractivity contribution in [1.29, 1.82) is 0 Å². The maximum atomic E-state index is 10.8. The number of aliphatic hydroxyl groups is 1. The number of hydrogen-bond acceptors (Lipinski definition) is 3. The Morgan fingerprint density at radius 2 is 2.11 bits per heavy atom. The van der Waals surface area contributed by atoms with Crippen molar-refractivity contribution in [2.24, 2.45) is 11.7 Å². The summed E-state index contributed by atoms with van der Waals surface area (Å²) < 4.78 is 5.61. The van der Waals surface area contributed by atoms with Crippen LogP contribution in [0, 0.1) is 12.3 Å². The molecule has 4 heteroatoms. The Morgan fingerprint density at radius 1 is 1.44 bits per heavy atom. The van der Waals surface area contributed by atoms with Crippen molar-refractivity contribution in [3.05, 3.63) is 36.2 Å². The largest absolute Gasteiger partial charge is 0.493 e. The Balaban J connectivity index is 2.44. The number of aliphatic hydroxyl groups excluding tert-OH is 1. The molecule has 1 amide bonds. The van der Waals surface area contributed by atoms with Crippen LogP contribution in [0.4, 0.5) is 0 Å². The highest BCUT2D eigenvalue weighted by molar-refractivity contribution is 5.73. The highest BCUT2D eigenvalue weighted by atomic mass is 16.5. The Hall–Kier alpha value is -1.55. The third kappa shape index (κ3) is 5.19. The van der Waals surface area contributed by atoms with Crippen LogP contribution in [0.1, 0.15) is 25.3 Å². The van der Waals surface area contributed by atoms with E-state index in [1.165, 1.54) is 0 Å². The van der Waals surface area contributed by atoms with E-state index in [0.29, 0.717) is 13.0 Å². The summed E-state index contributed by atoms with van der Waals surface area (Å²) in [7, 11) is 0. The van der Waals surface area contributed by atoms with Crippen molar-refractivity contribution in [2.75, 3.05) is 13.2 Å². The summed E-state index contributed by atoms with van der Waals surface area (Å²) in [6.07, 6.45) is 2.93. The van der Waals surface area contributed by atoms with E-state index >= 15 is 0 Å². The van der Waals surface area contributed by atoms with Crippen LogP contribution in [0.15, 0.2) is 24.3 Å². The standard InChI is InChI=1S/C14H20NO3/c1-2-11(9-14(15)17)10-18-13-5-3-12(4-6-13)7-8-16/h3-7,11,16H,2,8-10H2,1H3,(H2,15,17)/t11-/m1/s1. The van der Waals surface area contributed by atoms with Crippen LogP contribution in [0.25, 0.3) is 0 Å². The molecule has 99 valence electrons. The minimum Gasteiger partial charge on any atom is -0.493 e. The first-order valence-electron chi connectivity index (χ1n) is 6.11. The zero-order valence-corrected chi connectivity index (χ0v) is 10.6. The van der Waals surface area contributed by atoms with Gasteiger partial charge in [-0.1, -0.05) is 19.1 Å². The summed E-state index contributed by atoms with van der Waals surface area (Å²) >= 11 is 0. The molecule has 0 heterocycles. The smallest absolute Gasteiger partial charge is 0.217 e. The monoisotopic (exact) mass is 250 g/mol. The molecule has 0 aliphatic carbocycles. The predicted octanol–water partition coefficient (Wildman–Crippen LogP) is 1.51. The zero-order valence-electron chi connectivity index (χ0n) is 10.6. The molecule has 0 saturated heterocycles. The van der Waals surface area contributed by atoms with Gasteiger partial charge in [0.2, 0.25) is 5.91 Å². The van der Waals surface area contributed by atoms with E-state index in [1.54, 1.807) is 6.42 Å². The summed E-state index contributed by atoms with van der Waals surface area (Å²) in [5.41, 5.74) is 6.12. The summed E-state index contributed by atoms with van der Waals surface area (Å²) in [4.78, 5) is 10.8. The van der Waals surface area contributed by atoms with Crippen LogP contribution in [-0.4, -0.2) is 24.2 Å². The fraction of sp³-hybridized carbons (Fsp3) is 0.429. The van der Waals surface area contributed by atoms with Crippen LogP contribution < -0.4 is 10.5 Å². The van der Waals surface area contributed by atoms with Crippen LogP contribution in [0.2, 0.25) is 0 Å². The first kappa shape index (κ1) is 14.5. The van der Waals surface area contributed by atoms with Crippen molar-refractivity contribution in [2.45, 2.75) is 19.8 Å². The lowest BCUT2D eigenvalue weighted by molar-refractivity contribution is -0.119. The SMILES string of the molecule is CC[C@@H](COc1ccc([CH]CO)cc1)CC(N)=O. The van der Waals surface area contributed by atoms with Crippen molar-refractivity contribution in [1.82, 2.24) is 0 Å². The summed E-state index contributed by atoms with van der Waals surface area (Å²) in [5, 5.41) is 8.75. The van der Waals surface area contributed by atoms with Crippen molar-refractivity contribution < 1.29 is 14.6 Å². The minimum absolute atomic E-state index is 0.0245. The zero-order chi connectivity index (χ0) is 13.4. The molecule has 0 aromatic heterocycles. The van der Waals surface area contributed by atoms with Gasteiger partial charge in [0.25, 0.3) is 0 Å². The number of amides is 1. The molecule has 0 bridgehead atoms. The lowest BCUT2D eigenvalue weighted by Gasteiger charge is -2.14. The van der Waals surface area contributed by atoms with Gasteiger partial charge in [0, 0.05) is 18.8 Å². The molecule has 18 heavy (non-hydrogen) atoms. The van der Waals surface area contributed by atoms with Gasteiger partial charge in [0.15, 0.2) is 0 Å². The Kier molecular flexibility index (Phi) is 6.22. The Bertz CT molecular complexity index is 362. The number of nitrogens with two attached hydrogens (primary N) is 1. The molecule has 1 atom stereocenters. The summed E-state index contributed by atoms with van der Waals surface area (Å²) in [6, 6.07) is 7.44. The quantitative estimate of drug-likeness (QED) is 0.734. The van der Waals surface area contributed by atoms with Gasteiger partial charge in [-0.3, -0.25) is 4.79 Å². The first-order valence-corrected chi connectivity index (χ1v) is 6.11. The van der Waals surface area contributed by atoms with E-state index in [1.807, 2.05) is 31.2 Å². The molecule has 0 saturated carbocycles. The van der Waals surface area contributed by atoms with E-state index in [4.69, 9.17) is 15.6 Å². The first-order chi connectivity index (χ1) is 8.65. The highest BCUT2D eigenvalue weighted by Crippen LogP contribution is 2.16. The fourth-order valence-corrected chi connectivity index (χ4v) is 1.63. The molecule has 0 spiro atoms. The predicted molar refractivity (Wildman–Crippen MR) is 70.0 cm³/mol. The van der Waals surface area contributed by atoms with Gasteiger partial charge in [0.05, 0.1) is 13.2 Å². The van der Waals surface area contributed by atoms with E-state index in [2.05, 4.69) is 0 Å². The third-order valence-electron chi connectivity index (χ3n) is 2.76.